The number of hydrogen-bond acceptors (Lipinski definition) is 7. The molecule has 8 nitrogen and oxygen atoms in total. The summed E-state index contributed by atoms with van der Waals surface area (Å²) in [6.07, 6.45) is 1.41. The van der Waals surface area contributed by atoms with Crippen LogP contribution in [0.4, 0.5) is 9.59 Å². The molecule has 3 aromatic rings. The molecule has 36 heavy (non-hydrogen) atoms. The topological polar surface area (TPSA) is 98.8 Å². The third kappa shape index (κ3) is 9.58. The molecule has 1 aromatic heterocycles. The maximum absolute atomic E-state index is 11.9. The second kappa shape index (κ2) is 12.9. The van der Waals surface area contributed by atoms with Crippen molar-refractivity contribution < 1.29 is 23.8 Å². The van der Waals surface area contributed by atoms with Crippen LogP contribution in [-0.4, -0.2) is 35.4 Å². The molecule has 2 N–H and O–H groups in total. The average Bonchev–Trinajstić information content (AvgIpc) is 3.31. The van der Waals surface area contributed by atoms with Crippen LogP contribution in [0.2, 0.25) is 0 Å². The minimum absolute atomic E-state index is 0.0873. The molecular formula is C27H33N3O5S. The number of hydrogen-bond donors (Lipinski definition) is 2. The maximum atomic E-state index is 11.9. The molecule has 0 spiro atoms. The van der Waals surface area contributed by atoms with E-state index in [1.165, 1.54) is 11.3 Å². The third-order valence-corrected chi connectivity index (χ3v) is 5.88. The number of amides is 2. The van der Waals surface area contributed by atoms with Crippen LogP contribution in [-0.2, 0) is 22.6 Å². The molecule has 1 atom stereocenters. The number of ether oxygens (including phenoxy) is 3. The maximum Gasteiger partial charge on any atom is 0.407 e. The van der Waals surface area contributed by atoms with Gasteiger partial charge in [-0.3, -0.25) is 0 Å². The van der Waals surface area contributed by atoms with Gasteiger partial charge in [0.15, 0.2) is 0 Å². The first-order chi connectivity index (χ1) is 17.2. The number of carbonyl (C=O) groups excluding carboxylic acids is 2. The molecule has 3 rings (SSSR count). The lowest BCUT2D eigenvalue weighted by atomic mass is 10.2. The van der Waals surface area contributed by atoms with Crippen LogP contribution < -0.4 is 15.4 Å². The summed E-state index contributed by atoms with van der Waals surface area (Å²) in [5, 5.41) is 6.35. The smallest absolute Gasteiger partial charge is 0.407 e. The van der Waals surface area contributed by atoms with E-state index in [4.69, 9.17) is 14.2 Å². The van der Waals surface area contributed by atoms with E-state index < -0.39 is 17.8 Å². The highest BCUT2D eigenvalue weighted by Gasteiger charge is 2.16. The Morgan fingerprint density at radius 3 is 2.42 bits per heavy atom. The summed E-state index contributed by atoms with van der Waals surface area (Å²) in [5.41, 5.74) is 1.38. The Kier molecular flexibility index (Phi) is 9.69. The standard InChI is InChI=1S/C27H33N3O5S/c1-19(14-15-28-25(31)33-18-20-8-6-5-7-9-20)34-22-12-10-21(11-13-22)24-29-16-23(36-24)17-30-26(32)35-27(2,3)4/h5-13,16,19H,14-15,17-18H2,1-4H3,(H,28,31)(H,30,32). The van der Waals surface area contributed by atoms with E-state index in [0.29, 0.717) is 19.5 Å². The van der Waals surface area contributed by atoms with E-state index >= 15 is 0 Å². The van der Waals surface area contributed by atoms with Gasteiger partial charge in [0.25, 0.3) is 0 Å². The molecule has 0 fully saturated rings. The van der Waals surface area contributed by atoms with Crippen molar-refractivity contribution in [3.63, 3.8) is 0 Å². The van der Waals surface area contributed by atoms with Gasteiger partial charge in [-0.25, -0.2) is 14.6 Å². The Balaban J connectivity index is 1.38. The number of rotatable bonds is 10. The Bertz CT molecular complexity index is 1110. The predicted molar refractivity (Wildman–Crippen MR) is 140 cm³/mol. The minimum Gasteiger partial charge on any atom is -0.491 e. The molecule has 0 aliphatic rings. The van der Waals surface area contributed by atoms with E-state index in [1.54, 1.807) is 6.20 Å². The summed E-state index contributed by atoms with van der Waals surface area (Å²) in [7, 11) is 0. The highest BCUT2D eigenvalue weighted by molar-refractivity contribution is 7.15. The number of benzene rings is 2. The van der Waals surface area contributed by atoms with Gasteiger partial charge in [0.2, 0.25) is 0 Å². The van der Waals surface area contributed by atoms with Crippen molar-refractivity contribution in [1.82, 2.24) is 15.6 Å². The number of aromatic nitrogens is 1. The molecule has 192 valence electrons. The van der Waals surface area contributed by atoms with E-state index in [9.17, 15) is 9.59 Å². The zero-order valence-corrected chi connectivity index (χ0v) is 21.9. The lowest BCUT2D eigenvalue weighted by Crippen LogP contribution is -2.31. The molecule has 0 aliphatic carbocycles. The summed E-state index contributed by atoms with van der Waals surface area (Å²) in [4.78, 5) is 29.1. The normalized spacial score (nSPS) is 11.9. The van der Waals surface area contributed by atoms with Gasteiger partial charge in [0.05, 0.1) is 12.6 Å². The lowest BCUT2D eigenvalue weighted by Gasteiger charge is -2.19. The summed E-state index contributed by atoms with van der Waals surface area (Å²) < 4.78 is 16.4. The van der Waals surface area contributed by atoms with Gasteiger partial charge < -0.3 is 24.8 Å². The first-order valence-corrected chi connectivity index (χ1v) is 12.6. The number of carbonyl (C=O) groups is 2. The van der Waals surface area contributed by atoms with Gasteiger partial charge in [0.1, 0.15) is 23.0 Å². The number of nitrogens with one attached hydrogen (secondary N) is 2. The Hall–Kier alpha value is -3.59. The summed E-state index contributed by atoms with van der Waals surface area (Å²) >= 11 is 1.51. The van der Waals surface area contributed by atoms with Crippen LogP contribution in [0.1, 0.15) is 44.6 Å². The van der Waals surface area contributed by atoms with Crippen molar-refractivity contribution in [2.45, 2.75) is 59.0 Å². The van der Waals surface area contributed by atoms with Crippen LogP contribution in [0, 0.1) is 0 Å². The van der Waals surface area contributed by atoms with Crippen molar-refractivity contribution >= 4 is 23.5 Å². The van der Waals surface area contributed by atoms with Crippen LogP contribution in [0.15, 0.2) is 60.8 Å². The van der Waals surface area contributed by atoms with Crippen molar-refractivity contribution in [1.29, 1.82) is 0 Å². The highest BCUT2D eigenvalue weighted by Crippen LogP contribution is 2.27. The molecule has 9 heteroatoms. The molecule has 0 radical (unpaired) electrons. The first kappa shape index (κ1) is 27.0. The van der Waals surface area contributed by atoms with Gasteiger partial charge in [0, 0.05) is 29.6 Å². The summed E-state index contributed by atoms with van der Waals surface area (Å²) in [5.74, 6) is 0.737. The summed E-state index contributed by atoms with van der Waals surface area (Å²) in [6, 6.07) is 17.2. The Morgan fingerprint density at radius 1 is 1.00 bits per heavy atom. The zero-order chi connectivity index (χ0) is 26.0. The van der Waals surface area contributed by atoms with Gasteiger partial charge in [-0.1, -0.05) is 30.3 Å². The molecule has 1 heterocycles. The van der Waals surface area contributed by atoms with E-state index in [0.717, 1.165) is 26.8 Å². The molecule has 1 unspecified atom stereocenters. The van der Waals surface area contributed by atoms with Gasteiger partial charge in [-0.15, -0.1) is 11.3 Å². The van der Waals surface area contributed by atoms with E-state index in [2.05, 4.69) is 15.6 Å². The van der Waals surface area contributed by atoms with Crippen molar-refractivity contribution in [2.75, 3.05) is 6.54 Å². The van der Waals surface area contributed by atoms with Crippen LogP contribution in [0.5, 0.6) is 5.75 Å². The molecule has 0 saturated carbocycles. The molecular weight excluding hydrogens is 478 g/mol. The fourth-order valence-corrected chi connectivity index (χ4v) is 3.97. The quantitative estimate of drug-likeness (QED) is 0.351. The van der Waals surface area contributed by atoms with Crippen molar-refractivity contribution in [3.05, 3.63) is 71.2 Å². The molecule has 0 bridgehead atoms. The number of thiazole rings is 1. The third-order valence-electron chi connectivity index (χ3n) is 4.83. The molecule has 0 saturated heterocycles. The highest BCUT2D eigenvalue weighted by atomic mass is 32.1. The first-order valence-electron chi connectivity index (χ1n) is 11.8. The van der Waals surface area contributed by atoms with Crippen LogP contribution in [0.25, 0.3) is 10.6 Å². The van der Waals surface area contributed by atoms with E-state index in [1.807, 2.05) is 82.3 Å². The predicted octanol–water partition coefficient (Wildman–Crippen LogP) is 5.92. The van der Waals surface area contributed by atoms with Crippen molar-refractivity contribution in [3.8, 4) is 16.3 Å². The minimum atomic E-state index is -0.533. The zero-order valence-electron chi connectivity index (χ0n) is 21.1. The fraction of sp³-hybridized carbons (Fsp3) is 0.370. The van der Waals surface area contributed by atoms with Crippen LogP contribution >= 0.6 is 11.3 Å². The van der Waals surface area contributed by atoms with Gasteiger partial charge >= 0.3 is 12.2 Å². The van der Waals surface area contributed by atoms with Gasteiger partial charge in [-0.05, 0) is 57.5 Å². The lowest BCUT2D eigenvalue weighted by molar-refractivity contribution is 0.0524. The average molecular weight is 512 g/mol. The Morgan fingerprint density at radius 2 is 1.72 bits per heavy atom. The molecule has 2 aromatic carbocycles. The molecule has 2 amide bonds. The number of alkyl carbamates (subject to hydrolysis) is 2. The van der Waals surface area contributed by atoms with Crippen LogP contribution in [0.3, 0.4) is 0 Å². The second-order valence-electron chi connectivity index (χ2n) is 9.22. The number of nitrogens with zero attached hydrogens (tertiary/aromatic N) is 1. The van der Waals surface area contributed by atoms with Gasteiger partial charge in [-0.2, -0.15) is 0 Å². The summed E-state index contributed by atoms with van der Waals surface area (Å²) in [6.45, 7) is 8.48. The van der Waals surface area contributed by atoms with E-state index in [-0.39, 0.29) is 12.7 Å². The van der Waals surface area contributed by atoms with Crippen molar-refractivity contribution in [2.24, 2.45) is 0 Å². The Labute approximate surface area is 216 Å². The largest absolute Gasteiger partial charge is 0.491 e. The molecule has 0 aliphatic heterocycles. The fourth-order valence-electron chi connectivity index (χ4n) is 3.12. The SMILES string of the molecule is CC(CCNC(=O)OCc1ccccc1)Oc1ccc(-c2ncc(CNC(=O)OC(C)(C)C)s2)cc1. The second-order valence-corrected chi connectivity index (χ2v) is 10.3. The monoisotopic (exact) mass is 511 g/mol.